The van der Waals surface area contributed by atoms with Gasteiger partial charge < -0.3 is 9.64 Å². The molecular formula is C22H23Cl2N3O3. The van der Waals surface area contributed by atoms with Crippen LogP contribution in [0.5, 0.6) is 5.75 Å². The van der Waals surface area contributed by atoms with E-state index in [1.165, 1.54) is 6.07 Å². The minimum Gasteiger partial charge on any atom is -0.493 e. The highest BCUT2D eigenvalue weighted by molar-refractivity contribution is 6.42. The van der Waals surface area contributed by atoms with Crippen LogP contribution in [0.2, 0.25) is 10.0 Å². The lowest BCUT2D eigenvalue weighted by Crippen LogP contribution is -2.35. The van der Waals surface area contributed by atoms with Crippen LogP contribution >= 0.6 is 23.2 Å². The van der Waals surface area contributed by atoms with Crippen molar-refractivity contribution in [1.82, 2.24) is 5.43 Å². The van der Waals surface area contributed by atoms with Gasteiger partial charge in [0, 0.05) is 30.4 Å². The standard InChI is InChI=1S/C22H23Cl2N3O3/c1-4-26(5-2)15-8-7-14(20(13-15)30-6-3)11-17-21(28)25-27(22(17)29)16-9-10-18(23)19(24)12-16/h7-13H,4-6H2,1-3H3,(H,25,28). The van der Waals surface area contributed by atoms with Gasteiger partial charge in [-0.25, -0.2) is 5.01 Å². The van der Waals surface area contributed by atoms with Gasteiger partial charge in [0.05, 0.1) is 22.3 Å². The topological polar surface area (TPSA) is 61.9 Å². The van der Waals surface area contributed by atoms with Gasteiger partial charge in [0.25, 0.3) is 11.8 Å². The summed E-state index contributed by atoms with van der Waals surface area (Å²) in [5, 5.41) is 1.81. The highest BCUT2D eigenvalue weighted by Gasteiger charge is 2.35. The predicted molar refractivity (Wildman–Crippen MR) is 121 cm³/mol. The number of nitrogens with one attached hydrogen (secondary N) is 1. The first-order valence-corrected chi connectivity index (χ1v) is 10.5. The molecule has 0 atom stereocenters. The van der Waals surface area contributed by atoms with E-state index < -0.39 is 11.8 Å². The zero-order valence-corrected chi connectivity index (χ0v) is 18.5. The summed E-state index contributed by atoms with van der Waals surface area (Å²) in [5.41, 5.74) is 4.67. The van der Waals surface area contributed by atoms with Crippen molar-refractivity contribution < 1.29 is 14.3 Å². The Labute approximate surface area is 186 Å². The van der Waals surface area contributed by atoms with Crippen molar-refractivity contribution in [3.8, 4) is 5.75 Å². The van der Waals surface area contributed by atoms with E-state index in [2.05, 4.69) is 24.2 Å². The second-order valence-electron chi connectivity index (χ2n) is 6.57. The molecule has 1 fully saturated rings. The van der Waals surface area contributed by atoms with Gasteiger partial charge in [0.2, 0.25) is 0 Å². The average Bonchev–Trinajstić information content (AvgIpc) is 3.01. The Hall–Kier alpha value is -2.70. The van der Waals surface area contributed by atoms with Gasteiger partial charge in [0.1, 0.15) is 11.3 Å². The molecule has 2 aromatic rings. The average molecular weight is 448 g/mol. The third kappa shape index (κ3) is 4.40. The molecule has 3 rings (SSSR count). The molecule has 0 unspecified atom stereocenters. The summed E-state index contributed by atoms with van der Waals surface area (Å²) in [7, 11) is 0. The molecule has 8 heteroatoms. The number of hydrogen-bond donors (Lipinski definition) is 1. The van der Waals surface area contributed by atoms with Crippen molar-refractivity contribution in [2.45, 2.75) is 20.8 Å². The van der Waals surface area contributed by atoms with Gasteiger partial charge in [-0.2, -0.15) is 0 Å². The van der Waals surface area contributed by atoms with Gasteiger partial charge in [-0.15, -0.1) is 0 Å². The van der Waals surface area contributed by atoms with Crippen LogP contribution in [0.3, 0.4) is 0 Å². The summed E-state index contributed by atoms with van der Waals surface area (Å²) >= 11 is 12.0. The Morgan fingerprint density at radius 1 is 1.03 bits per heavy atom. The van der Waals surface area contributed by atoms with Crippen LogP contribution in [0.1, 0.15) is 26.3 Å². The van der Waals surface area contributed by atoms with Gasteiger partial charge in [-0.1, -0.05) is 23.2 Å². The predicted octanol–water partition coefficient (Wildman–Crippen LogP) is 4.70. The minimum absolute atomic E-state index is 0.0117. The molecule has 0 bridgehead atoms. The van der Waals surface area contributed by atoms with Gasteiger partial charge in [0.15, 0.2) is 0 Å². The number of nitrogens with zero attached hydrogens (tertiary/aromatic N) is 2. The zero-order chi connectivity index (χ0) is 21.8. The quantitative estimate of drug-likeness (QED) is 0.493. The minimum atomic E-state index is -0.499. The molecule has 2 amide bonds. The molecule has 0 aromatic heterocycles. The van der Waals surface area contributed by atoms with E-state index in [1.807, 2.05) is 25.1 Å². The van der Waals surface area contributed by atoms with Crippen molar-refractivity contribution in [3.63, 3.8) is 0 Å². The number of ether oxygens (including phenoxy) is 1. The van der Waals surface area contributed by atoms with Crippen molar-refractivity contribution in [2.75, 3.05) is 29.6 Å². The van der Waals surface area contributed by atoms with Crippen LogP contribution in [-0.2, 0) is 9.59 Å². The maximum atomic E-state index is 12.9. The number of halogens is 2. The monoisotopic (exact) mass is 447 g/mol. The van der Waals surface area contributed by atoms with E-state index in [9.17, 15) is 9.59 Å². The smallest absolute Gasteiger partial charge is 0.282 e. The van der Waals surface area contributed by atoms with Gasteiger partial charge in [-0.3, -0.25) is 15.0 Å². The van der Waals surface area contributed by atoms with Gasteiger partial charge in [-0.05, 0) is 57.2 Å². The fourth-order valence-electron chi connectivity index (χ4n) is 3.23. The highest BCUT2D eigenvalue weighted by atomic mass is 35.5. The summed E-state index contributed by atoms with van der Waals surface area (Å²) in [6, 6.07) is 10.4. The number of hydrazine groups is 1. The number of hydrogen-bond acceptors (Lipinski definition) is 4. The zero-order valence-electron chi connectivity index (χ0n) is 17.0. The first-order valence-electron chi connectivity index (χ1n) is 9.73. The van der Waals surface area contributed by atoms with Crippen LogP contribution in [0.25, 0.3) is 6.08 Å². The highest BCUT2D eigenvalue weighted by Crippen LogP contribution is 2.31. The van der Waals surface area contributed by atoms with Crippen molar-refractivity contribution in [1.29, 1.82) is 0 Å². The summed E-state index contributed by atoms with van der Waals surface area (Å²) in [5.74, 6) is -0.363. The second kappa shape index (κ2) is 9.41. The van der Waals surface area contributed by atoms with E-state index in [4.69, 9.17) is 27.9 Å². The lowest BCUT2D eigenvalue weighted by Gasteiger charge is -2.22. The molecule has 1 saturated heterocycles. The Morgan fingerprint density at radius 2 is 1.77 bits per heavy atom. The van der Waals surface area contributed by atoms with E-state index >= 15 is 0 Å². The molecular weight excluding hydrogens is 425 g/mol. The van der Waals surface area contributed by atoms with Gasteiger partial charge >= 0.3 is 0 Å². The maximum absolute atomic E-state index is 12.9. The third-order valence-electron chi connectivity index (χ3n) is 4.78. The molecule has 6 nitrogen and oxygen atoms in total. The lowest BCUT2D eigenvalue weighted by atomic mass is 10.1. The fourth-order valence-corrected chi connectivity index (χ4v) is 3.52. The largest absolute Gasteiger partial charge is 0.493 e. The molecule has 1 heterocycles. The van der Waals surface area contributed by atoms with E-state index in [0.717, 1.165) is 23.8 Å². The number of rotatable bonds is 7. The number of carbonyl (C=O) groups excluding carboxylic acids is 2. The summed E-state index contributed by atoms with van der Waals surface area (Å²) in [6.45, 7) is 8.25. The van der Waals surface area contributed by atoms with Crippen molar-refractivity contribution >= 4 is 52.5 Å². The first-order chi connectivity index (χ1) is 14.4. The maximum Gasteiger partial charge on any atom is 0.282 e. The number of amides is 2. The van der Waals surface area contributed by atoms with Crippen LogP contribution < -0.4 is 20.1 Å². The fraction of sp³-hybridized carbons (Fsp3) is 0.273. The van der Waals surface area contributed by atoms with E-state index in [-0.39, 0.29) is 5.57 Å². The SMILES string of the molecule is CCOc1cc(N(CC)CC)ccc1C=C1C(=O)NN(c2ccc(Cl)c(Cl)c2)C1=O. The van der Waals surface area contributed by atoms with E-state index in [0.29, 0.717) is 33.7 Å². The van der Waals surface area contributed by atoms with Crippen LogP contribution in [0.4, 0.5) is 11.4 Å². The normalized spacial score (nSPS) is 15.0. The van der Waals surface area contributed by atoms with E-state index in [1.54, 1.807) is 18.2 Å². The van der Waals surface area contributed by atoms with Crippen LogP contribution in [0, 0.1) is 0 Å². The second-order valence-corrected chi connectivity index (χ2v) is 7.38. The first kappa shape index (κ1) is 22.0. The Morgan fingerprint density at radius 3 is 2.40 bits per heavy atom. The third-order valence-corrected chi connectivity index (χ3v) is 5.52. The Bertz CT molecular complexity index is 1000. The summed E-state index contributed by atoms with van der Waals surface area (Å²) < 4.78 is 5.78. The molecule has 1 N–H and O–H groups in total. The van der Waals surface area contributed by atoms with Crippen LogP contribution in [-0.4, -0.2) is 31.5 Å². The summed E-state index contributed by atoms with van der Waals surface area (Å²) in [6.07, 6.45) is 1.55. The van der Waals surface area contributed by atoms with Crippen molar-refractivity contribution in [3.05, 3.63) is 57.6 Å². The summed E-state index contributed by atoms with van der Waals surface area (Å²) in [4.78, 5) is 27.6. The van der Waals surface area contributed by atoms with Crippen molar-refractivity contribution in [2.24, 2.45) is 0 Å². The Kier molecular flexibility index (Phi) is 6.90. The lowest BCUT2D eigenvalue weighted by molar-refractivity contribution is -0.117. The molecule has 1 aliphatic rings. The molecule has 30 heavy (non-hydrogen) atoms. The number of anilines is 2. The number of benzene rings is 2. The molecule has 0 radical (unpaired) electrons. The molecule has 0 spiro atoms. The number of carbonyl (C=O) groups is 2. The Balaban J connectivity index is 1.96. The molecule has 158 valence electrons. The molecule has 1 aliphatic heterocycles. The van der Waals surface area contributed by atoms with Crippen LogP contribution in [0.15, 0.2) is 42.0 Å². The molecule has 2 aromatic carbocycles. The molecule has 0 aliphatic carbocycles. The molecule has 0 saturated carbocycles.